The molecule has 0 bridgehead atoms. The van der Waals surface area contributed by atoms with E-state index in [-0.39, 0.29) is 16.8 Å². The molecule has 0 saturated carbocycles. The molecule has 158 valence electrons. The van der Waals surface area contributed by atoms with Crippen molar-refractivity contribution < 1.29 is 23.3 Å². The first kappa shape index (κ1) is 21.4. The van der Waals surface area contributed by atoms with Crippen LogP contribution in [0, 0.1) is 28.7 Å². The summed E-state index contributed by atoms with van der Waals surface area (Å²) in [6.45, 7) is 3.49. The summed E-state index contributed by atoms with van der Waals surface area (Å²) >= 11 is 0. The van der Waals surface area contributed by atoms with E-state index >= 15 is 0 Å². The minimum atomic E-state index is -0.761. The van der Waals surface area contributed by atoms with Crippen LogP contribution in [0.1, 0.15) is 47.3 Å². The first-order chi connectivity index (χ1) is 14.2. The lowest BCUT2D eigenvalue weighted by atomic mass is 10.1. The highest BCUT2D eigenvalue weighted by molar-refractivity contribution is 5.98. The Kier molecular flexibility index (Phi) is 6.09. The van der Waals surface area contributed by atoms with Crippen LogP contribution in [0.5, 0.6) is 0 Å². The van der Waals surface area contributed by atoms with Crippen LogP contribution in [0.2, 0.25) is 0 Å². The lowest BCUT2D eigenvalue weighted by Crippen LogP contribution is -2.46. The fourth-order valence-corrected chi connectivity index (χ4v) is 3.68. The minimum absolute atomic E-state index is 0.0857. The van der Waals surface area contributed by atoms with Crippen LogP contribution in [0.15, 0.2) is 36.4 Å². The van der Waals surface area contributed by atoms with Crippen molar-refractivity contribution in [3.63, 3.8) is 0 Å². The Morgan fingerprint density at radius 1 is 1.23 bits per heavy atom. The number of carbonyl (C=O) groups excluding carboxylic acids is 2. The average Bonchev–Trinajstić information content (AvgIpc) is 3.16. The summed E-state index contributed by atoms with van der Waals surface area (Å²) in [4.78, 5) is 37.6. The number of nitro benzene ring substituents is 1. The zero-order valence-corrected chi connectivity index (χ0v) is 16.5. The van der Waals surface area contributed by atoms with Crippen LogP contribution in [0.25, 0.3) is 0 Å². The lowest BCUT2D eigenvalue weighted by molar-refractivity contribution is -0.385. The summed E-state index contributed by atoms with van der Waals surface area (Å²) in [6, 6.07) is 5.77. The van der Waals surface area contributed by atoms with E-state index in [4.69, 9.17) is 0 Å². The maximum Gasteiger partial charge on any atom is 0.272 e. The molecule has 3 rings (SSSR count). The largest absolute Gasteiger partial charge is 0.348 e. The Labute approximate surface area is 171 Å². The van der Waals surface area contributed by atoms with Gasteiger partial charge in [0.05, 0.1) is 11.0 Å². The molecule has 7 nitrogen and oxygen atoms in total. The number of amides is 2. The van der Waals surface area contributed by atoms with Gasteiger partial charge in [-0.15, -0.1) is 0 Å². The number of nitro groups is 1. The maximum absolute atomic E-state index is 14.0. The van der Waals surface area contributed by atoms with E-state index in [1.54, 1.807) is 13.8 Å². The highest BCUT2D eigenvalue weighted by Crippen LogP contribution is 2.25. The summed E-state index contributed by atoms with van der Waals surface area (Å²) in [7, 11) is 0. The predicted molar refractivity (Wildman–Crippen MR) is 105 cm³/mol. The second-order valence-electron chi connectivity index (χ2n) is 7.31. The number of hydrogen-bond acceptors (Lipinski definition) is 4. The van der Waals surface area contributed by atoms with E-state index in [9.17, 15) is 28.5 Å². The average molecular weight is 417 g/mol. The number of aryl methyl sites for hydroxylation is 1. The summed E-state index contributed by atoms with van der Waals surface area (Å²) in [6.07, 6.45) is 1.07. The molecule has 1 N–H and O–H groups in total. The summed E-state index contributed by atoms with van der Waals surface area (Å²) in [5.74, 6) is -2.30. The topological polar surface area (TPSA) is 92.6 Å². The van der Waals surface area contributed by atoms with Crippen LogP contribution in [-0.4, -0.2) is 34.2 Å². The van der Waals surface area contributed by atoms with E-state index in [1.165, 1.54) is 29.2 Å². The van der Waals surface area contributed by atoms with Gasteiger partial charge >= 0.3 is 0 Å². The molecule has 0 aromatic heterocycles. The molecule has 1 aliphatic heterocycles. The second-order valence-corrected chi connectivity index (χ2v) is 7.31. The van der Waals surface area contributed by atoms with Crippen molar-refractivity contribution in [3.05, 3.63) is 74.8 Å². The molecular weight excluding hydrogens is 396 g/mol. The van der Waals surface area contributed by atoms with E-state index in [2.05, 4.69) is 5.32 Å². The quantitative estimate of drug-likeness (QED) is 0.594. The third-order valence-electron chi connectivity index (χ3n) is 5.24. The monoisotopic (exact) mass is 417 g/mol. The standard InChI is InChI=1S/C21H21F2N3O4/c1-12-10-14(5-8-18(12)26(29)30)21(28)25-9-3-4-19(25)20(27)24-13(2)16-7-6-15(22)11-17(16)23/h5-8,10-11,13,19H,3-4,9H2,1-2H3,(H,24,27). The number of halogens is 2. The predicted octanol–water partition coefficient (Wildman–Crippen LogP) is 3.66. The van der Waals surface area contributed by atoms with Gasteiger partial charge in [0.2, 0.25) is 5.91 Å². The van der Waals surface area contributed by atoms with Crippen LogP contribution < -0.4 is 5.32 Å². The molecule has 2 atom stereocenters. The molecule has 30 heavy (non-hydrogen) atoms. The first-order valence-corrected chi connectivity index (χ1v) is 9.50. The highest BCUT2D eigenvalue weighted by atomic mass is 19.1. The van der Waals surface area contributed by atoms with Crippen molar-refractivity contribution in [1.29, 1.82) is 0 Å². The number of rotatable bonds is 5. The zero-order valence-electron chi connectivity index (χ0n) is 16.5. The zero-order chi connectivity index (χ0) is 22.0. The summed E-state index contributed by atoms with van der Waals surface area (Å²) in [5, 5.41) is 13.7. The molecule has 0 spiro atoms. The molecule has 1 fully saturated rings. The van der Waals surface area contributed by atoms with E-state index < -0.39 is 40.5 Å². The molecule has 0 aliphatic carbocycles. The van der Waals surface area contributed by atoms with Crippen molar-refractivity contribution >= 4 is 17.5 Å². The normalized spacial score (nSPS) is 16.9. The molecule has 2 aromatic rings. The number of carbonyl (C=O) groups is 2. The van der Waals surface area contributed by atoms with Crippen molar-refractivity contribution in [2.24, 2.45) is 0 Å². The Morgan fingerprint density at radius 2 is 1.97 bits per heavy atom. The summed E-state index contributed by atoms with van der Waals surface area (Å²) in [5.41, 5.74) is 0.672. The number of nitrogens with zero attached hydrogens (tertiary/aromatic N) is 2. The van der Waals surface area contributed by atoms with Gasteiger partial charge in [0.15, 0.2) is 0 Å². The molecule has 2 unspecified atom stereocenters. The van der Waals surface area contributed by atoms with Crippen LogP contribution in [-0.2, 0) is 4.79 Å². The fourth-order valence-electron chi connectivity index (χ4n) is 3.68. The molecule has 1 heterocycles. The third kappa shape index (κ3) is 4.29. The van der Waals surface area contributed by atoms with Crippen molar-refractivity contribution in [2.75, 3.05) is 6.54 Å². The van der Waals surface area contributed by atoms with Crippen LogP contribution >= 0.6 is 0 Å². The van der Waals surface area contributed by atoms with Crippen LogP contribution in [0.4, 0.5) is 14.5 Å². The van der Waals surface area contributed by atoms with Crippen molar-refractivity contribution in [2.45, 2.75) is 38.8 Å². The van der Waals surface area contributed by atoms with Gasteiger partial charge in [-0.05, 0) is 44.9 Å². The van der Waals surface area contributed by atoms with Gasteiger partial charge in [-0.2, -0.15) is 0 Å². The Hall–Kier alpha value is -3.36. The number of benzene rings is 2. The molecule has 2 amide bonds. The number of hydrogen-bond donors (Lipinski definition) is 1. The van der Waals surface area contributed by atoms with Crippen molar-refractivity contribution in [1.82, 2.24) is 10.2 Å². The fraction of sp³-hybridized carbons (Fsp3) is 0.333. The Morgan fingerprint density at radius 3 is 2.60 bits per heavy atom. The second kappa shape index (κ2) is 8.56. The number of likely N-dealkylation sites (tertiary alicyclic amines) is 1. The Balaban J connectivity index is 1.74. The third-order valence-corrected chi connectivity index (χ3v) is 5.24. The first-order valence-electron chi connectivity index (χ1n) is 9.50. The van der Waals surface area contributed by atoms with Crippen molar-refractivity contribution in [3.8, 4) is 0 Å². The molecule has 0 radical (unpaired) electrons. The number of nitrogens with one attached hydrogen (secondary N) is 1. The molecule has 9 heteroatoms. The highest BCUT2D eigenvalue weighted by Gasteiger charge is 2.35. The molecule has 1 saturated heterocycles. The van der Waals surface area contributed by atoms with Gasteiger partial charge < -0.3 is 10.2 Å². The van der Waals surface area contributed by atoms with E-state index in [0.29, 0.717) is 24.9 Å². The SMILES string of the molecule is Cc1cc(C(=O)N2CCCC2C(=O)NC(C)c2ccc(F)cc2F)ccc1[N+](=O)[O-]. The van der Waals surface area contributed by atoms with Gasteiger partial charge in [0.1, 0.15) is 17.7 Å². The molecule has 2 aromatic carbocycles. The Bertz CT molecular complexity index is 1010. The van der Waals surface area contributed by atoms with Gasteiger partial charge in [-0.25, -0.2) is 8.78 Å². The lowest BCUT2D eigenvalue weighted by Gasteiger charge is -2.26. The van der Waals surface area contributed by atoms with Gasteiger partial charge in [0, 0.05) is 35.4 Å². The molecular formula is C21H21F2N3O4. The maximum atomic E-state index is 14.0. The van der Waals surface area contributed by atoms with Crippen LogP contribution in [0.3, 0.4) is 0 Å². The minimum Gasteiger partial charge on any atom is -0.348 e. The summed E-state index contributed by atoms with van der Waals surface area (Å²) < 4.78 is 27.1. The van der Waals surface area contributed by atoms with E-state index in [0.717, 1.165) is 12.1 Å². The smallest absolute Gasteiger partial charge is 0.272 e. The van der Waals surface area contributed by atoms with E-state index in [1.807, 2.05) is 0 Å². The molecule has 1 aliphatic rings. The van der Waals surface area contributed by atoms with Gasteiger partial charge in [0.25, 0.3) is 11.6 Å². The van der Waals surface area contributed by atoms with Gasteiger partial charge in [-0.3, -0.25) is 19.7 Å². The van der Waals surface area contributed by atoms with Gasteiger partial charge in [-0.1, -0.05) is 6.07 Å².